The van der Waals surface area contributed by atoms with E-state index in [0.29, 0.717) is 29.3 Å². The van der Waals surface area contributed by atoms with Gasteiger partial charge in [-0.2, -0.15) is 0 Å². The van der Waals surface area contributed by atoms with E-state index < -0.39 is 0 Å². The van der Waals surface area contributed by atoms with Crippen LogP contribution in [-0.4, -0.2) is 18.8 Å². The number of aryl methyl sites for hydroxylation is 1. The second kappa shape index (κ2) is 7.29. The van der Waals surface area contributed by atoms with Crippen LogP contribution in [0.15, 0.2) is 40.9 Å². The summed E-state index contributed by atoms with van der Waals surface area (Å²) >= 11 is 7.89. The lowest BCUT2D eigenvalue weighted by atomic mass is 9.70. The summed E-state index contributed by atoms with van der Waals surface area (Å²) in [4.78, 5) is 29.5. The molecule has 0 spiro atoms. The number of thiophene rings is 1. The van der Waals surface area contributed by atoms with E-state index in [1.54, 1.807) is 29.4 Å². The Kier molecular flexibility index (Phi) is 5.07. The zero-order valence-electron chi connectivity index (χ0n) is 17.0. The van der Waals surface area contributed by atoms with E-state index in [-0.39, 0.29) is 29.4 Å². The number of anilines is 1. The van der Waals surface area contributed by atoms with E-state index in [9.17, 15) is 9.59 Å². The highest BCUT2D eigenvalue weighted by Gasteiger charge is 2.45. The van der Waals surface area contributed by atoms with Crippen LogP contribution in [-0.2, 0) is 9.59 Å². The minimum Gasteiger partial charge on any atom is -0.495 e. The maximum atomic E-state index is 13.4. The fourth-order valence-corrected chi connectivity index (χ4v) is 5.40. The number of ketones is 1. The third kappa shape index (κ3) is 3.51. The maximum Gasteiger partial charge on any atom is 0.232 e. The second-order valence-electron chi connectivity index (χ2n) is 8.58. The van der Waals surface area contributed by atoms with Crippen molar-refractivity contribution in [3.8, 4) is 5.75 Å². The molecule has 0 saturated heterocycles. The van der Waals surface area contributed by atoms with Crippen molar-refractivity contribution in [2.75, 3.05) is 12.0 Å². The molecule has 0 N–H and O–H groups in total. The van der Waals surface area contributed by atoms with Crippen LogP contribution in [0, 0.1) is 12.3 Å². The quantitative estimate of drug-likeness (QED) is 0.611. The number of hydrogen-bond donors (Lipinski definition) is 0. The molecule has 1 aliphatic heterocycles. The van der Waals surface area contributed by atoms with Gasteiger partial charge in [-0.1, -0.05) is 31.5 Å². The van der Waals surface area contributed by atoms with Crippen molar-refractivity contribution < 1.29 is 14.3 Å². The monoisotopic (exact) mass is 429 g/mol. The first-order chi connectivity index (χ1) is 13.7. The molecule has 1 amide bonds. The van der Waals surface area contributed by atoms with E-state index in [4.69, 9.17) is 16.3 Å². The molecule has 1 aliphatic carbocycles. The summed E-state index contributed by atoms with van der Waals surface area (Å²) in [5.74, 6) is 0.479. The van der Waals surface area contributed by atoms with Crippen molar-refractivity contribution in [2.45, 2.75) is 46.0 Å². The average molecular weight is 430 g/mol. The summed E-state index contributed by atoms with van der Waals surface area (Å²) in [5, 5.41) is 2.58. The zero-order chi connectivity index (χ0) is 20.9. The van der Waals surface area contributed by atoms with E-state index in [1.807, 2.05) is 30.5 Å². The van der Waals surface area contributed by atoms with Gasteiger partial charge in [0.1, 0.15) is 5.75 Å². The SMILES string of the molecule is COc1cc(Cl)c(C)cc1N1C(=O)CC(c2cccs2)C2=C1CC(C)(C)CC2=O. The normalized spacial score (nSPS) is 21.4. The Balaban J connectivity index is 1.95. The first-order valence-electron chi connectivity index (χ1n) is 9.68. The van der Waals surface area contributed by atoms with Gasteiger partial charge in [0.25, 0.3) is 0 Å². The molecule has 29 heavy (non-hydrogen) atoms. The van der Waals surface area contributed by atoms with Gasteiger partial charge in [0.05, 0.1) is 12.8 Å². The van der Waals surface area contributed by atoms with E-state index in [0.717, 1.165) is 21.7 Å². The molecule has 0 radical (unpaired) electrons. The van der Waals surface area contributed by atoms with Crippen LogP contribution in [0.25, 0.3) is 0 Å². The molecule has 1 aromatic carbocycles. The summed E-state index contributed by atoms with van der Waals surface area (Å²) in [6, 6.07) is 7.60. The average Bonchev–Trinajstić information content (AvgIpc) is 3.16. The lowest BCUT2D eigenvalue weighted by Gasteiger charge is -2.43. The summed E-state index contributed by atoms with van der Waals surface area (Å²) in [6.45, 7) is 6.06. The second-order valence-corrected chi connectivity index (χ2v) is 9.96. The molecule has 1 unspecified atom stereocenters. The predicted octanol–water partition coefficient (Wildman–Crippen LogP) is 5.88. The largest absolute Gasteiger partial charge is 0.495 e. The molecule has 4 rings (SSSR count). The van der Waals surface area contributed by atoms with Gasteiger partial charge in [0.15, 0.2) is 5.78 Å². The summed E-state index contributed by atoms with van der Waals surface area (Å²) < 4.78 is 5.56. The molecular formula is C23H24ClNO3S. The molecule has 2 aliphatic rings. The van der Waals surface area contributed by atoms with Gasteiger partial charge < -0.3 is 4.74 Å². The predicted molar refractivity (Wildman–Crippen MR) is 117 cm³/mol. The molecule has 4 nitrogen and oxygen atoms in total. The van der Waals surface area contributed by atoms with Gasteiger partial charge in [-0.05, 0) is 41.8 Å². The van der Waals surface area contributed by atoms with Crippen LogP contribution in [0.5, 0.6) is 5.75 Å². The van der Waals surface area contributed by atoms with Crippen LogP contribution in [0.2, 0.25) is 5.02 Å². The first-order valence-corrected chi connectivity index (χ1v) is 10.9. The standard InChI is InChI=1S/C23H24ClNO3S/c1-13-8-16(19(28-4)10-15(13)24)25-17-11-23(2,3)12-18(26)22(17)14(9-21(25)27)20-6-5-7-29-20/h5-8,10,14H,9,11-12H2,1-4H3. The molecule has 0 fully saturated rings. The Hall–Kier alpha value is -2.11. The van der Waals surface area contributed by atoms with Gasteiger partial charge in [0, 0.05) is 46.0 Å². The Morgan fingerprint density at radius 3 is 2.66 bits per heavy atom. The van der Waals surface area contributed by atoms with Crippen LogP contribution in [0.3, 0.4) is 0 Å². The number of carbonyl (C=O) groups excluding carboxylic acids is 2. The number of allylic oxidation sites excluding steroid dienone is 2. The number of rotatable bonds is 3. The molecule has 2 heterocycles. The third-order valence-electron chi connectivity index (χ3n) is 5.73. The van der Waals surface area contributed by atoms with Crippen LogP contribution in [0.4, 0.5) is 5.69 Å². The fourth-order valence-electron chi connectivity index (χ4n) is 4.41. The molecule has 6 heteroatoms. The van der Waals surface area contributed by atoms with Gasteiger partial charge in [-0.3, -0.25) is 14.5 Å². The maximum absolute atomic E-state index is 13.4. The van der Waals surface area contributed by atoms with Crippen molar-refractivity contribution in [1.29, 1.82) is 0 Å². The van der Waals surface area contributed by atoms with E-state index >= 15 is 0 Å². The van der Waals surface area contributed by atoms with Crippen LogP contribution in [0.1, 0.15) is 49.5 Å². The highest BCUT2D eigenvalue weighted by atomic mass is 35.5. The Bertz CT molecular complexity index is 1020. The van der Waals surface area contributed by atoms with Crippen molar-refractivity contribution in [3.05, 3.63) is 56.4 Å². The molecule has 2 aromatic rings. The minimum absolute atomic E-state index is 0.0207. The number of nitrogens with zero attached hydrogens (tertiary/aromatic N) is 1. The van der Waals surface area contributed by atoms with Gasteiger partial charge in [-0.25, -0.2) is 0 Å². The molecular weight excluding hydrogens is 406 g/mol. The van der Waals surface area contributed by atoms with Crippen molar-refractivity contribution in [1.82, 2.24) is 0 Å². The number of halogens is 1. The zero-order valence-corrected chi connectivity index (χ0v) is 18.6. The highest BCUT2D eigenvalue weighted by Crippen LogP contribution is 2.50. The molecule has 1 atom stereocenters. The first kappa shape index (κ1) is 20.2. The number of amides is 1. The number of ether oxygens (including phenoxy) is 1. The molecule has 0 bridgehead atoms. The van der Waals surface area contributed by atoms with Crippen molar-refractivity contribution >= 4 is 40.3 Å². The third-order valence-corrected chi connectivity index (χ3v) is 7.12. The van der Waals surface area contributed by atoms with Crippen molar-refractivity contribution in [3.63, 3.8) is 0 Å². The van der Waals surface area contributed by atoms with Gasteiger partial charge in [-0.15, -0.1) is 11.3 Å². The molecule has 1 aromatic heterocycles. The Morgan fingerprint density at radius 2 is 2.00 bits per heavy atom. The summed E-state index contributed by atoms with van der Waals surface area (Å²) in [5.41, 5.74) is 2.89. The topological polar surface area (TPSA) is 46.6 Å². The number of Topliss-reactive ketones (excluding diaryl/α,β-unsaturated/α-hetero) is 1. The van der Waals surface area contributed by atoms with Gasteiger partial charge in [0.2, 0.25) is 5.91 Å². The van der Waals surface area contributed by atoms with E-state index in [1.165, 1.54) is 0 Å². The van der Waals surface area contributed by atoms with Crippen molar-refractivity contribution in [2.24, 2.45) is 5.41 Å². The smallest absolute Gasteiger partial charge is 0.232 e. The number of methoxy groups -OCH3 is 1. The lowest BCUT2D eigenvalue weighted by molar-refractivity contribution is -0.120. The minimum atomic E-state index is -0.208. The molecule has 152 valence electrons. The summed E-state index contributed by atoms with van der Waals surface area (Å²) in [6.07, 6.45) is 1.43. The number of benzene rings is 1. The Morgan fingerprint density at radius 1 is 1.24 bits per heavy atom. The van der Waals surface area contributed by atoms with Crippen LogP contribution >= 0.6 is 22.9 Å². The summed E-state index contributed by atoms with van der Waals surface area (Å²) in [7, 11) is 1.57. The lowest BCUT2D eigenvalue weighted by Crippen LogP contribution is -2.43. The van der Waals surface area contributed by atoms with Gasteiger partial charge >= 0.3 is 0 Å². The highest BCUT2D eigenvalue weighted by molar-refractivity contribution is 7.10. The molecule has 0 saturated carbocycles. The fraction of sp³-hybridized carbons (Fsp3) is 0.391. The number of carbonyl (C=O) groups is 2. The Labute approximate surface area is 180 Å². The number of hydrogen-bond acceptors (Lipinski definition) is 4. The van der Waals surface area contributed by atoms with E-state index in [2.05, 4.69) is 13.8 Å². The van der Waals surface area contributed by atoms with Crippen LogP contribution < -0.4 is 9.64 Å².